The van der Waals surface area contributed by atoms with Crippen LogP contribution in [0.25, 0.3) is 0 Å². The van der Waals surface area contributed by atoms with Gasteiger partial charge in [-0.3, -0.25) is 9.69 Å². The number of benzene rings is 1. The minimum Gasteiger partial charge on any atom is -0.443 e. The molecule has 5 nitrogen and oxygen atoms in total. The number of ether oxygens (including phenoxy) is 1. The molecule has 1 fully saturated rings. The molecule has 1 aliphatic carbocycles. The predicted molar refractivity (Wildman–Crippen MR) is 74.8 cm³/mol. The van der Waals surface area contributed by atoms with Gasteiger partial charge in [0.2, 0.25) is 0 Å². The van der Waals surface area contributed by atoms with Gasteiger partial charge in [0.05, 0.1) is 6.54 Å². The average molecular weight is 274 g/mol. The molecule has 0 radical (unpaired) electrons. The van der Waals surface area contributed by atoms with Crippen molar-refractivity contribution >= 4 is 17.6 Å². The van der Waals surface area contributed by atoms with Crippen molar-refractivity contribution in [3.63, 3.8) is 0 Å². The van der Waals surface area contributed by atoms with Crippen LogP contribution in [-0.4, -0.2) is 31.1 Å². The van der Waals surface area contributed by atoms with E-state index in [1.54, 1.807) is 4.90 Å². The largest absolute Gasteiger partial charge is 0.443 e. The topological polar surface area (TPSA) is 72.6 Å². The first-order valence-corrected chi connectivity index (χ1v) is 6.99. The molecular formula is C15H18N2O3. The lowest BCUT2D eigenvalue weighted by Gasteiger charge is -2.15. The molecule has 1 heterocycles. The molecule has 2 aliphatic rings. The van der Waals surface area contributed by atoms with Crippen LogP contribution in [0, 0.1) is 0 Å². The number of ketones is 1. The van der Waals surface area contributed by atoms with Gasteiger partial charge < -0.3 is 10.5 Å². The Balaban J connectivity index is 1.86. The van der Waals surface area contributed by atoms with Gasteiger partial charge in [-0.25, -0.2) is 4.79 Å². The van der Waals surface area contributed by atoms with E-state index in [9.17, 15) is 9.59 Å². The maximum absolute atomic E-state index is 11.8. The van der Waals surface area contributed by atoms with Crippen LogP contribution in [0.15, 0.2) is 18.2 Å². The van der Waals surface area contributed by atoms with Crippen molar-refractivity contribution in [3.8, 4) is 0 Å². The minimum absolute atomic E-state index is 0.233. The number of hydrogen-bond donors (Lipinski definition) is 1. The summed E-state index contributed by atoms with van der Waals surface area (Å²) in [4.78, 5) is 25.0. The fraction of sp³-hybridized carbons (Fsp3) is 0.467. The van der Waals surface area contributed by atoms with E-state index >= 15 is 0 Å². The van der Waals surface area contributed by atoms with Crippen LogP contribution in [-0.2, 0) is 22.4 Å². The third-order valence-corrected chi connectivity index (χ3v) is 3.98. The van der Waals surface area contributed by atoms with E-state index in [1.165, 1.54) is 5.56 Å². The second-order valence-electron chi connectivity index (χ2n) is 5.34. The number of amides is 1. The van der Waals surface area contributed by atoms with Crippen LogP contribution in [0.5, 0.6) is 0 Å². The van der Waals surface area contributed by atoms with Gasteiger partial charge in [0.15, 0.2) is 0 Å². The van der Waals surface area contributed by atoms with E-state index in [0.29, 0.717) is 31.7 Å². The zero-order valence-electron chi connectivity index (χ0n) is 11.3. The molecule has 3 rings (SSSR count). The molecule has 0 unspecified atom stereocenters. The fourth-order valence-corrected chi connectivity index (χ4v) is 2.79. The number of carbonyl (C=O) groups is 2. The van der Waals surface area contributed by atoms with Gasteiger partial charge in [0, 0.05) is 25.1 Å². The second kappa shape index (κ2) is 5.25. The maximum atomic E-state index is 11.8. The number of nitrogens with two attached hydrogens (primary N) is 1. The molecule has 1 aromatic rings. The van der Waals surface area contributed by atoms with Gasteiger partial charge in [-0.15, -0.1) is 0 Å². The molecule has 20 heavy (non-hydrogen) atoms. The molecule has 106 valence electrons. The summed E-state index contributed by atoms with van der Waals surface area (Å²) in [5.41, 5.74) is 8.75. The molecular weight excluding hydrogens is 256 g/mol. The second-order valence-corrected chi connectivity index (χ2v) is 5.34. The van der Waals surface area contributed by atoms with Crippen molar-refractivity contribution in [2.45, 2.75) is 31.8 Å². The predicted octanol–water partition coefficient (Wildman–Crippen LogP) is 1.42. The summed E-state index contributed by atoms with van der Waals surface area (Å²) in [6, 6.07) is 5.95. The van der Waals surface area contributed by atoms with Crippen molar-refractivity contribution in [3.05, 3.63) is 29.3 Å². The molecule has 5 heteroatoms. The van der Waals surface area contributed by atoms with Gasteiger partial charge in [-0.1, -0.05) is 6.07 Å². The number of Topliss-reactive ketones (excluding diaryl/α,β-unsaturated/α-hetero) is 1. The monoisotopic (exact) mass is 274 g/mol. The van der Waals surface area contributed by atoms with Gasteiger partial charge in [-0.2, -0.15) is 0 Å². The lowest BCUT2D eigenvalue weighted by molar-refractivity contribution is -0.118. The highest BCUT2D eigenvalue weighted by atomic mass is 16.6. The van der Waals surface area contributed by atoms with E-state index in [2.05, 4.69) is 0 Å². The fourth-order valence-electron chi connectivity index (χ4n) is 2.79. The molecule has 1 amide bonds. The van der Waals surface area contributed by atoms with Crippen molar-refractivity contribution in [1.82, 2.24) is 0 Å². The lowest BCUT2D eigenvalue weighted by atomic mass is 10.0. The number of nitrogens with zero attached hydrogens (tertiary/aromatic N) is 1. The Bertz CT molecular complexity index is 556. The first-order chi connectivity index (χ1) is 9.67. The maximum Gasteiger partial charge on any atom is 0.414 e. The first kappa shape index (κ1) is 13.1. The Hall–Kier alpha value is -1.88. The zero-order valence-corrected chi connectivity index (χ0v) is 11.3. The van der Waals surface area contributed by atoms with E-state index in [4.69, 9.17) is 10.5 Å². The first-order valence-electron chi connectivity index (χ1n) is 6.99. The Labute approximate surface area is 117 Å². The van der Waals surface area contributed by atoms with Gasteiger partial charge >= 0.3 is 6.09 Å². The molecule has 1 aromatic carbocycles. The molecule has 0 spiro atoms. The molecule has 0 aromatic heterocycles. The van der Waals surface area contributed by atoms with E-state index in [-0.39, 0.29) is 12.2 Å². The summed E-state index contributed by atoms with van der Waals surface area (Å²) in [6.07, 6.45) is 2.18. The van der Waals surface area contributed by atoms with Crippen molar-refractivity contribution in [2.75, 3.05) is 18.0 Å². The summed E-state index contributed by atoms with van der Waals surface area (Å²) in [7, 11) is 0. The summed E-state index contributed by atoms with van der Waals surface area (Å²) in [5, 5.41) is 0. The Morgan fingerprint density at radius 2 is 1.90 bits per heavy atom. The molecule has 1 saturated heterocycles. The highest BCUT2D eigenvalue weighted by molar-refractivity contribution is 5.90. The van der Waals surface area contributed by atoms with Gasteiger partial charge in [0.1, 0.15) is 11.9 Å². The van der Waals surface area contributed by atoms with Crippen LogP contribution >= 0.6 is 0 Å². The van der Waals surface area contributed by atoms with E-state index in [0.717, 1.165) is 24.1 Å². The molecule has 0 bridgehead atoms. The van der Waals surface area contributed by atoms with Crippen LogP contribution < -0.4 is 10.6 Å². The molecule has 1 aliphatic heterocycles. The van der Waals surface area contributed by atoms with Crippen molar-refractivity contribution in [1.29, 1.82) is 0 Å². The number of cyclic esters (lactones) is 1. The SMILES string of the molecule is NC[C@H]1CN(c2ccc3c(c2)CCC(=O)CC3)C(=O)O1. The summed E-state index contributed by atoms with van der Waals surface area (Å²) in [6.45, 7) is 0.828. The highest BCUT2D eigenvalue weighted by Gasteiger charge is 2.31. The molecule has 2 N–H and O–H groups in total. The Kier molecular flexibility index (Phi) is 3.44. The van der Waals surface area contributed by atoms with Crippen LogP contribution in [0.4, 0.5) is 10.5 Å². The lowest BCUT2D eigenvalue weighted by Crippen LogP contribution is -2.27. The third kappa shape index (κ3) is 2.41. The van der Waals surface area contributed by atoms with Crippen molar-refractivity contribution in [2.24, 2.45) is 5.73 Å². The minimum atomic E-state index is -0.343. The number of fused-ring (bicyclic) bond motifs is 1. The molecule has 0 saturated carbocycles. The van der Waals surface area contributed by atoms with E-state index in [1.807, 2.05) is 18.2 Å². The number of anilines is 1. The zero-order chi connectivity index (χ0) is 14.1. The number of carbonyl (C=O) groups excluding carboxylic acids is 2. The summed E-state index contributed by atoms with van der Waals surface area (Å²) >= 11 is 0. The average Bonchev–Trinajstić information content (AvgIpc) is 2.74. The number of hydrogen-bond acceptors (Lipinski definition) is 4. The standard InChI is InChI=1S/C15H18N2O3/c16-8-14-9-17(15(19)20-14)12-4-1-10-2-5-13(18)6-3-11(10)7-12/h1,4,7,14H,2-3,5-6,8-9,16H2/t14-/m0/s1. The van der Waals surface area contributed by atoms with Crippen LogP contribution in [0.2, 0.25) is 0 Å². The van der Waals surface area contributed by atoms with Gasteiger partial charge in [-0.05, 0) is 36.1 Å². The molecule has 1 atom stereocenters. The van der Waals surface area contributed by atoms with Gasteiger partial charge in [0.25, 0.3) is 0 Å². The van der Waals surface area contributed by atoms with Crippen LogP contribution in [0.3, 0.4) is 0 Å². The van der Waals surface area contributed by atoms with E-state index < -0.39 is 0 Å². The summed E-state index contributed by atoms with van der Waals surface area (Å²) < 4.78 is 5.17. The Morgan fingerprint density at radius 3 is 2.60 bits per heavy atom. The van der Waals surface area contributed by atoms with Crippen LogP contribution in [0.1, 0.15) is 24.0 Å². The number of aryl methyl sites for hydroxylation is 2. The number of rotatable bonds is 2. The smallest absolute Gasteiger partial charge is 0.414 e. The third-order valence-electron chi connectivity index (χ3n) is 3.98. The van der Waals surface area contributed by atoms with Crippen molar-refractivity contribution < 1.29 is 14.3 Å². The normalized spacial score (nSPS) is 22.4. The highest BCUT2D eigenvalue weighted by Crippen LogP contribution is 2.27. The summed E-state index contributed by atoms with van der Waals surface area (Å²) in [5.74, 6) is 0.312. The quantitative estimate of drug-likeness (QED) is 0.828. The Morgan fingerprint density at radius 1 is 1.15 bits per heavy atom.